The summed E-state index contributed by atoms with van der Waals surface area (Å²) in [5.74, 6) is 0.309. The van der Waals surface area contributed by atoms with Crippen molar-refractivity contribution in [1.29, 1.82) is 0 Å². The van der Waals surface area contributed by atoms with Crippen LogP contribution in [0.15, 0.2) is 9.59 Å². The highest BCUT2D eigenvalue weighted by Crippen LogP contribution is 2.14. The Bertz CT molecular complexity index is 482. The normalized spacial score (nSPS) is 14.6. The Morgan fingerprint density at radius 2 is 2.07 bits per heavy atom. The van der Waals surface area contributed by atoms with Gasteiger partial charge in [-0.15, -0.1) is 0 Å². The Hall–Kier alpha value is -1.32. The van der Waals surface area contributed by atoms with E-state index in [4.69, 9.17) is 0 Å². The van der Waals surface area contributed by atoms with E-state index in [1.54, 1.807) is 0 Å². The Morgan fingerprint density at radius 3 is 2.73 bits per heavy atom. The first kappa shape index (κ1) is 10.2. The molecule has 1 aliphatic rings. The van der Waals surface area contributed by atoms with Gasteiger partial charge in [-0.05, 0) is 25.2 Å². The molecule has 1 aliphatic carbocycles. The van der Waals surface area contributed by atoms with E-state index in [1.165, 1.54) is 4.57 Å². The molecule has 0 saturated heterocycles. The minimum atomic E-state index is -0.255. The quantitative estimate of drug-likeness (QED) is 0.777. The van der Waals surface area contributed by atoms with Crippen LogP contribution in [-0.4, -0.2) is 9.55 Å². The van der Waals surface area contributed by atoms with Crippen LogP contribution >= 0.6 is 0 Å². The van der Waals surface area contributed by atoms with E-state index < -0.39 is 0 Å². The number of aromatic amines is 1. The molecule has 0 aromatic carbocycles. The van der Waals surface area contributed by atoms with Crippen LogP contribution in [0.2, 0.25) is 0 Å². The van der Waals surface area contributed by atoms with Crippen molar-refractivity contribution in [3.05, 3.63) is 32.1 Å². The number of hydrogen-bond donors (Lipinski definition) is 1. The molecule has 0 bridgehead atoms. The Kier molecular flexibility index (Phi) is 2.50. The molecule has 0 atom stereocenters. The lowest BCUT2D eigenvalue weighted by Crippen LogP contribution is -2.38. The van der Waals surface area contributed by atoms with Crippen LogP contribution in [0.25, 0.3) is 0 Å². The van der Waals surface area contributed by atoms with Gasteiger partial charge in [0.15, 0.2) is 0 Å². The topological polar surface area (TPSA) is 54.9 Å². The second-order valence-corrected chi connectivity index (χ2v) is 4.55. The molecule has 0 amide bonds. The second kappa shape index (κ2) is 3.68. The van der Waals surface area contributed by atoms with Crippen LogP contribution in [0.3, 0.4) is 0 Å². The molecule has 4 nitrogen and oxygen atoms in total. The predicted molar refractivity (Wildman–Crippen MR) is 58.2 cm³/mol. The molecule has 0 spiro atoms. The maximum absolute atomic E-state index is 12.0. The SMILES string of the molecule is CC(C)Cn1c(=O)[nH]c2c(c1=O)CCC2. The van der Waals surface area contributed by atoms with Crippen molar-refractivity contribution in [2.24, 2.45) is 5.92 Å². The maximum Gasteiger partial charge on any atom is 0.328 e. The van der Waals surface area contributed by atoms with Crippen LogP contribution in [0.4, 0.5) is 0 Å². The summed E-state index contributed by atoms with van der Waals surface area (Å²) in [7, 11) is 0. The van der Waals surface area contributed by atoms with Crippen molar-refractivity contribution < 1.29 is 0 Å². The molecule has 1 heterocycles. The molecule has 2 rings (SSSR count). The predicted octanol–water partition coefficient (Wildman–Crippen LogP) is 0.681. The number of aromatic nitrogens is 2. The summed E-state index contributed by atoms with van der Waals surface area (Å²) in [5.41, 5.74) is 1.33. The average Bonchev–Trinajstić information content (AvgIpc) is 2.59. The van der Waals surface area contributed by atoms with Crippen LogP contribution in [0, 0.1) is 5.92 Å². The largest absolute Gasteiger partial charge is 0.328 e. The molecule has 0 saturated carbocycles. The van der Waals surface area contributed by atoms with Gasteiger partial charge in [-0.25, -0.2) is 4.79 Å². The number of hydrogen-bond acceptors (Lipinski definition) is 2. The standard InChI is InChI=1S/C11H16N2O2/c1-7(2)6-13-10(14)8-4-3-5-9(8)12-11(13)15/h7H,3-6H2,1-2H3,(H,12,15). The first-order chi connectivity index (χ1) is 7.09. The van der Waals surface area contributed by atoms with Gasteiger partial charge in [0.1, 0.15) is 0 Å². The molecule has 82 valence electrons. The van der Waals surface area contributed by atoms with Gasteiger partial charge in [0.25, 0.3) is 5.56 Å². The molecule has 0 fully saturated rings. The molecule has 1 aromatic heterocycles. The van der Waals surface area contributed by atoms with E-state index in [-0.39, 0.29) is 11.2 Å². The van der Waals surface area contributed by atoms with Crippen LogP contribution < -0.4 is 11.2 Å². The lowest BCUT2D eigenvalue weighted by atomic mass is 10.2. The van der Waals surface area contributed by atoms with Gasteiger partial charge in [0.2, 0.25) is 0 Å². The van der Waals surface area contributed by atoms with Crippen molar-refractivity contribution in [3.8, 4) is 0 Å². The Balaban J connectivity index is 2.57. The van der Waals surface area contributed by atoms with E-state index in [0.29, 0.717) is 12.5 Å². The molecular weight excluding hydrogens is 192 g/mol. The zero-order chi connectivity index (χ0) is 11.0. The molecule has 1 N–H and O–H groups in total. The fourth-order valence-electron chi connectivity index (χ4n) is 2.10. The zero-order valence-corrected chi connectivity index (χ0v) is 9.17. The van der Waals surface area contributed by atoms with Crippen LogP contribution in [0.1, 0.15) is 31.5 Å². The summed E-state index contributed by atoms with van der Waals surface area (Å²) in [6.45, 7) is 4.50. The highest BCUT2D eigenvalue weighted by molar-refractivity contribution is 5.21. The third-order valence-electron chi connectivity index (χ3n) is 2.77. The number of rotatable bonds is 2. The third-order valence-corrected chi connectivity index (χ3v) is 2.77. The van der Waals surface area contributed by atoms with Gasteiger partial charge < -0.3 is 4.98 Å². The van der Waals surface area contributed by atoms with Crippen molar-refractivity contribution in [2.45, 2.75) is 39.7 Å². The summed E-state index contributed by atoms with van der Waals surface area (Å²) in [4.78, 5) is 26.4. The number of nitrogens with one attached hydrogen (secondary N) is 1. The molecule has 0 unspecified atom stereocenters. The Labute approximate surface area is 88.0 Å². The van der Waals surface area contributed by atoms with Crippen molar-refractivity contribution in [3.63, 3.8) is 0 Å². The summed E-state index contributed by atoms with van der Waals surface area (Å²) < 4.78 is 1.33. The smallest absolute Gasteiger partial charge is 0.311 e. The highest BCUT2D eigenvalue weighted by Gasteiger charge is 2.18. The average molecular weight is 208 g/mol. The lowest BCUT2D eigenvalue weighted by molar-refractivity contribution is 0.489. The van der Waals surface area contributed by atoms with E-state index in [1.807, 2.05) is 13.8 Å². The maximum atomic E-state index is 12.0. The number of fused-ring (bicyclic) bond motifs is 1. The van der Waals surface area contributed by atoms with Gasteiger partial charge >= 0.3 is 5.69 Å². The van der Waals surface area contributed by atoms with Crippen molar-refractivity contribution >= 4 is 0 Å². The summed E-state index contributed by atoms with van der Waals surface area (Å²) in [6.07, 6.45) is 2.62. The van der Waals surface area contributed by atoms with Gasteiger partial charge in [0, 0.05) is 17.8 Å². The van der Waals surface area contributed by atoms with E-state index in [9.17, 15) is 9.59 Å². The Morgan fingerprint density at radius 1 is 1.33 bits per heavy atom. The fraction of sp³-hybridized carbons (Fsp3) is 0.636. The van der Waals surface area contributed by atoms with Gasteiger partial charge in [-0.1, -0.05) is 13.8 Å². The van der Waals surface area contributed by atoms with Crippen LogP contribution in [0.5, 0.6) is 0 Å². The molecule has 15 heavy (non-hydrogen) atoms. The van der Waals surface area contributed by atoms with Crippen molar-refractivity contribution in [2.75, 3.05) is 0 Å². The van der Waals surface area contributed by atoms with Crippen LogP contribution in [-0.2, 0) is 19.4 Å². The first-order valence-corrected chi connectivity index (χ1v) is 5.44. The summed E-state index contributed by atoms with van der Waals surface area (Å²) in [6, 6.07) is 0. The van der Waals surface area contributed by atoms with E-state index in [2.05, 4.69) is 4.98 Å². The number of nitrogens with zero attached hydrogens (tertiary/aromatic N) is 1. The zero-order valence-electron chi connectivity index (χ0n) is 9.17. The number of aryl methyl sites for hydroxylation is 1. The van der Waals surface area contributed by atoms with Crippen molar-refractivity contribution in [1.82, 2.24) is 9.55 Å². The second-order valence-electron chi connectivity index (χ2n) is 4.55. The van der Waals surface area contributed by atoms with Gasteiger partial charge in [0.05, 0.1) is 0 Å². The van der Waals surface area contributed by atoms with Gasteiger partial charge in [-0.2, -0.15) is 0 Å². The minimum Gasteiger partial charge on any atom is -0.311 e. The van der Waals surface area contributed by atoms with E-state index in [0.717, 1.165) is 30.5 Å². The molecule has 4 heteroatoms. The molecule has 0 aliphatic heterocycles. The fourth-order valence-corrected chi connectivity index (χ4v) is 2.10. The van der Waals surface area contributed by atoms with Gasteiger partial charge in [-0.3, -0.25) is 9.36 Å². The summed E-state index contributed by atoms with van der Waals surface area (Å²) in [5, 5.41) is 0. The molecular formula is C11H16N2O2. The lowest BCUT2D eigenvalue weighted by Gasteiger charge is -2.09. The molecule has 1 aromatic rings. The highest BCUT2D eigenvalue weighted by atomic mass is 16.2. The minimum absolute atomic E-state index is 0.0834. The summed E-state index contributed by atoms with van der Waals surface area (Å²) >= 11 is 0. The number of H-pyrrole nitrogens is 1. The monoisotopic (exact) mass is 208 g/mol. The molecule has 0 radical (unpaired) electrons. The van der Waals surface area contributed by atoms with E-state index >= 15 is 0 Å². The first-order valence-electron chi connectivity index (χ1n) is 5.44. The third kappa shape index (κ3) is 1.76.